The normalized spacial score (nSPS) is 15.2. The Balaban J connectivity index is 1.82. The van der Waals surface area contributed by atoms with Crippen LogP contribution in [0, 0.1) is 11.2 Å². The van der Waals surface area contributed by atoms with E-state index < -0.39 is 5.41 Å². The zero-order chi connectivity index (χ0) is 18.7. The summed E-state index contributed by atoms with van der Waals surface area (Å²) >= 11 is 1.58. The first-order valence-corrected chi connectivity index (χ1v) is 9.57. The quantitative estimate of drug-likeness (QED) is 0.815. The lowest BCUT2D eigenvalue weighted by Gasteiger charge is -2.29. The van der Waals surface area contributed by atoms with E-state index in [-0.39, 0.29) is 11.7 Å². The van der Waals surface area contributed by atoms with Crippen LogP contribution in [0.3, 0.4) is 0 Å². The molecule has 1 aliphatic heterocycles. The zero-order valence-electron chi connectivity index (χ0n) is 15.4. The standard InChI is InChI=1S/C19H24FN3O2S/c1-19(2,3)17(24)23(16-6-4-14(20)5-7-16)12-15-13-26-18(21-15)22-8-10-25-11-9-22/h4-7,13H,8-12H2,1-3H3. The number of hydrogen-bond donors (Lipinski definition) is 0. The third-order valence-electron chi connectivity index (χ3n) is 4.17. The molecule has 0 saturated carbocycles. The Hall–Kier alpha value is -1.99. The van der Waals surface area contributed by atoms with E-state index >= 15 is 0 Å². The lowest BCUT2D eigenvalue weighted by molar-refractivity contribution is -0.125. The van der Waals surface area contributed by atoms with Gasteiger partial charge in [0, 0.05) is 29.6 Å². The predicted octanol–water partition coefficient (Wildman–Crippen LogP) is 3.70. The second-order valence-corrected chi connectivity index (χ2v) is 8.18. The molecule has 1 saturated heterocycles. The van der Waals surface area contributed by atoms with Gasteiger partial charge in [-0.15, -0.1) is 11.3 Å². The molecule has 1 fully saturated rings. The molecule has 0 spiro atoms. The molecule has 0 unspecified atom stereocenters. The number of anilines is 2. The van der Waals surface area contributed by atoms with Crippen LogP contribution in [0.5, 0.6) is 0 Å². The van der Waals surface area contributed by atoms with E-state index in [0.717, 1.165) is 23.9 Å². The number of carbonyl (C=O) groups excluding carboxylic acids is 1. The number of carbonyl (C=O) groups is 1. The van der Waals surface area contributed by atoms with Gasteiger partial charge < -0.3 is 14.5 Å². The van der Waals surface area contributed by atoms with Crippen molar-refractivity contribution in [3.05, 3.63) is 41.2 Å². The average molecular weight is 377 g/mol. The maximum absolute atomic E-state index is 13.3. The summed E-state index contributed by atoms with van der Waals surface area (Å²) in [4.78, 5) is 21.5. The Labute approximate surface area is 157 Å². The van der Waals surface area contributed by atoms with E-state index in [4.69, 9.17) is 9.72 Å². The number of aromatic nitrogens is 1. The van der Waals surface area contributed by atoms with Crippen molar-refractivity contribution >= 4 is 28.1 Å². The maximum Gasteiger partial charge on any atom is 0.232 e. The van der Waals surface area contributed by atoms with Gasteiger partial charge in [-0.3, -0.25) is 4.79 Å². The molecule has 7 heteroatoms. The Morgan fingerprint density at radius 3 is 2.54 bits per heavy atom. The topological polar surface area (TPSA) is 45.7 Å². The van der Waals surface area contributed by atoms with Crippen molar-refractivity contribution < 1.29 is 13.9 Å². The van der Waals surface area contributed by atoms with Crippen LogP contribution in [0.15, 0.2) is 29.6 Å². The number of hydrogen-bond acceptors (Lipinski definition) is 5. The van der Waals surface area contributed by atoms with Gasteiger partial charge in [-0.2, -0.15) is 0 Å². The largest absolute Gasteiger partial charge is 0.378 e. The summed E-state index contributed by atoms with van der Waals surface area (Å²) in [5.74, 6) is -0.342. The fourth-order valence-corrected chi connectivity index (χ4v) is 3.61. The van der Waals surface area contributed by atoms with Gasteiger partial charge in [-0.25, -0.2) is 9.37 Å². The fourth-order valence-electron chi connectivity index (χ4n) is 2.74. The molecule has 1 amide bonds. The van der Waals surface area contributed by atoms with Crippen LogP contribution in [-0.2, 0) is 16.1 Å². The highest BCUT2D eigenvalue weighted by Crippen LogP contribution is 2.28. The first-order valence-electron chi connectivity index (χ1n) is 8.69. The number of thiazole rings is 1. The lowest BCUT2D eigenvalue weighted by Crippen LogP contribution is -2.39. The van der Waals surface area contributed by atoms with Crippen molar-refractivity contribution in [2.45, 2.75) is 27.3 Å². The Bertz CT molecular complexity index is 749. The van der Waals surface area contributed by atoms with E-state index in [1.807, 2.05) is 26.2 Å². The molecule has 140 valence electrons. The minimum atomic E-state index is -0.544. The number of rotatable bonds is 4. The van der Waals surface area contributed by atoms with Crippen LogP contribution in [0.25, 0.3) is 0 Å². The molecule has 0 radical (unpaired) electrons. The van der Waals surface area contributed by atoms with E-state index in [0.29, 0.717) is 25.4 Å². The first-order chi connectivity index (χ1) is 12.3. The summed E-state index contributed by atoms with van der Waals surface area (Å²) in [6, 6.07) is 6.01. The van der Waals surface area contributed by atoms with Crippen LogP contribution < -0.4 is 9.80 Å². The van der Waals surface area contributed by atoms with Gasteiger partial charge in [0.05, 0.1) is 25.5 Å². The van der Waals surface area contributed by atoms with Crippen LogP contribution >= 0.6 is 11.3 Å². The SMILES string of the molecule is CC(C)(C)C(=O)N(Cc1csc(N2CCOCC2)n1)c1ccc(F)cc1. The molecule has 5 nitrogen and oxygen atoms in total. The van der Waals surface area contributed by atoms with E-state index in [2.05, 4.69) is 4.90 Å². The van der Waals surface area contributed by atoms with Crippen molar-refractivity contribution in [3.8, 4) is 0 Å². The smallest absolute Gasteiger partial charge is 0.232 e. The highest BCUT2D eigenvalue weighted by molar-refractivity contribution is 7.13. The lowest BCUT2D eigenvalue weighted by atomic mass is 9.94. The third-order valence-corrected chi connectivity index (χ3v) is 5.12. The van der Waals surface area contributed by atoms with Crippen molar-refractivity contribution in [1.29, 1.82) is 0 Å². The molecule has 0 aliphatic carbocycles. The summed E-state index contributed by atoms with van der Waals surface area (Å²) in [6.07, 6.45) is 0. The van der Waals surface area contributed by atoms with Gasteiger partial charge in [0.2, 0.25) is 5.91 Å². The summed E-state index contributed by atoms with van der Waals surface area (Å²) in [5.41, 5.74) is 0.961. The van der Waals surface area contributed by atoms with Crippen LogP contribution in [0.1, 0.15) is 26.5 Å². The molecular formula is C19H24FN3O2S. The molecule has 0 bridgehead atoms. The van der Waals surface area contributed by atoms with Crippen LogP contribution in [0.2, 0.25) is 0 Å². The second kappa shape index (κ2) is 7.72. The van der Waals surface area contributed by atoms with Gasteiger partial charge in [-0.1, -0.05) is 20.8 Å². The fraction of sp³-hybridized carbons (Fsp3) is 0.474. The van der Waals surface area contributed by atoms with Gasteiger partial charge in [0.15, 0.2) is 5.13 Å². The number of benzene rings is 1. The predicted molar refractivity (Wildman–Crippen MR) is 102 cm³/mol. The summed E-state index contributed by atoms with van der Waals surface area (Å²) in [6.45, 7) is 9.08. The van der Waals surface area contributed by atoms with Gasteiger partial charge in [0.25, 0.3) is 0 Å². The molecule has 0 atom stereocenters. The molecule has 1 aromatic heterocycles. The van der Waals surface area contributed by atoms with Crippen molar-refractivity contribution in [2.75, 3.05) is 36.1 Å². The highest BCUT2D eigenvalue weighted by Gasteiger charge is 2.29. The number of amides is 1. The van der Waals surface area contributed by atoms with E-state index in [1.165, 1.54) is 12.1 Å². The number of nitrogens with zero attached hydrogens (tertiary/aromatic N) is 3. The molecule has 0 N–H and O–H groups in total. The molecule has 1 aromatic carbocycles. The maximum atomic E-state index is 13.3. The average Bonchev–Trinajstić information content (AvgIpc) is 3.09. The molecular weight excluding hydrogens is 353 g/mol. The Morgan fingerprint density at radius 1 is 1.27 bits per heavy atom. The third kappa shape index (κ3) is 4.40. The summed E-state index contributed by atoms with van der Waals surface area (Å²) in [5, 5.41) is 2.93. The number of halogens is 1. The van der Waals surface area contributed by atoms with Crippen molar-refractivity contribution in [3.63, 3.8) is 0 Å². The van der Waals surface area contributed by atoms with E-state index in [1.54, 1.807) is 28.4 Å². The molecule has 2 aromatic rings. The van der Waals surface area contributed by atoms with Crippen molar-refractivity contribution in [2.24, 2.45) is 5.41 Å². The molecule has 26 heavy (non-hydrogen) atoms. The number of morpholine rings is 1. The zero-order valence-corrected chi connectivity index (χ0v) is 16.2. The Kier molecular flexibility index (Phi) is 5.58. The van der Waals surface area contributed by atoms with Gasteiger partial charge in [0.1, 0.15) is 5.82 Å². The molecule has 2 heterocycles. The monoisotopic (exact) mass is 377 g/mol. The summed E-state index contributed by atoms with van der Waals surface area (Å²) < 4.78 is 18.7. The second-order valence-electron chi connectivity index (χ2n) is 7.34. The van der Waals surface area contributed by atoms with Crippen LogP contribution in [-0.4, -0.2) is 37.2 Å². The van der Waals surface area contributed by atoms with Gasteiger partial charge in [-0.05, 0) is 24.3 Å². The first kappa shape index (κ1) is 18.8. The van der Waals surface area contributed by atoms with E-state index in [9.17, 15) is 9.18 Å². The minimum absolute atomic E-state index is 0.0231. The van der Waals surface area contributed by atoms with Crippen molar-refractivity contribution in [1.82, 2.24) is 4.98 Å². The van der Waals surface area contributed by atoms with Crippen LogP contribution in [0.4, 0.5) is 15.2 Å². The Morgan fingerprint density at radius 2 is 1.92 bits per heavy atom. The number of ether oxygens (including phenoxy) is 1. The summed E-state index contributed by atoms with van der Waals surface area (Å²) in [7, 11) is 0. The molecule has 3 rings (SSSR count). The minimum Gasteiger partial charge on any atom is -0.378 e. The van der Waals surface area contributed by atoms with Gasteiger partial charge >= 0.3 is 0 Å². The molecule has 1 aliphatic rings. The highest BCUT2D eigenvalue weighted by atomic mass is 32.1.